The summed E-state index contributed by atoms with van der Waals surface area (Å²) in [4.78, 5) is 26.5. The highest BCUT2D eigenvalue weighted by Gasteiger charge is 2.16. The fraction of sp³-hybridized carbons (Fsp3) is 0.0667. The van der Waals surface area contributed by atoms with Crippen LogP contribution in [0.4, 0.5) is 11.4 Å². The summed E-state index contributed by atoms with van der Waals surface area (Å²) >= 11 is 0. The Morgan fingerprint density at radius 2 is 1.66 bits per heavy atom. The average molecular weight is 571 g/mol. The molecule has 5 rings (SSSR count). The maximum atomic E-state index is 12.8. The lowest BCUT2D eigenvalue weighted by molar-refractivity contribution is 0.413. The van der Waals surface area contributed by atoms with Crippen molar-refractivity contribution in [2.75, 3.05) is 24.2 Å². The molecule has 208 valence electrons. The van der Waals surface area contributed by atoms with Crippen molar-refractivity contribution >= 4 is 33.6 Å². The van der Waals surface area contributed by atoms with Gasteiger partial charge in [-0.05, 0) is 66.2 Å². The van der Waals surface area contributed by atoms with E-state index in [9.17, 15) is 18.0 Å². The molecule has 0 fully saturated rings. The average Bonchev–Trinajstić information content (AvgIpc) is 3.51. The van der Waals surface area contributed by atoms with Gasteiger partial charge in [-0.2, -0.15) is 0 Å². The van der Waals surface area contributed by atoms with Crippen molar-refractivity contribution in [1.29, 1.82) is 0 Å². The summed E-state index contributed by atoms with van der Waals surface area (Å²) < 4.78 is 40.8. The van der Waals surface area contributed by atoms with Gasteiger partial charge >= 0.3 is 5.69 Å². The van der Waals surface area contributed by atoms with Crippen molar-refractivity contribution in [3.63, 3.8) is 0 Å². The van der Waals surface area contributed by atoms with Crippen LogP contribution in [0.25, 0.3) is 29.2 Å². The molecule has 5 aromatic rings. The SMILES string of the molecule is CNc1ccc(S(=O)(=O)Nc2ccc(/C=C/c3cc(-n4ccc(=O)[nH]c4=O)cc(-c4ccco4)c3OC)cc2)cc1. The molecule has 0 aliphatic carbocycles. The third kappa shape index (κ3) is 5.99. The smallest absolute Gasteiger partial charge is 0.332 e. The van der Waals surface area contributed by atoms with E-state index < -0.39 is 21.3 Å². The van der Waals surface area contributed by atoms with Crippen LogP contribution in [0.3, 0.4) is 0 Å². The van der Waals surface area contributed by atoms with E-state index in [1.165, 1.54) is 42.3 Å². The first-order valence-electron chi connectivity index (χ1n) is 12.4. The van der Waals surface area contributed by atoms with Crippen LogP contribution < -0.4 is 26.0 Å². The molecule has 0 aliphatic rings. The van der Waals surface area contributed by atoms with Gasteiger partial charge in [0.05, 0.1) is 29.5 Å². The van der Waals surface area contributed by atoms with Gasteiger partial charge in [0, 0.05) is 36.2 Å². The summed E-state index contributed by atoms with van der Waals surface area (Å²) in [5, 5.41) is 2.96. The number of anilines is 2. The van der Waals surface area contributed by atoms with Gasteiger partial charge in [0.2, 0.25) is 0 Å². The van der Waals surface area contributed by atoms with E-state index >= 15 is 0 Å². The largest absolute Gasteiger partial charge is 0.495 e. The molecule has 0 aliphatic heterocycles. The Hall–Kier alpha value is -5.29. The monoisotopic (exact) mass is 570 g/mol. The first-order chi connectivity index (χ1) is 19.8. The number of nitrogens with zero attached hydrogens (tertiary/aromatic N) is 1. The lowest BCUT2D eigenvalue weighted by Crippen LogP contribution is -2.27. The minimum absolute atomic E-state index is 0.154. The number of hydrogen-bond donors (Lipinski definition) is 3. The van der Waals surface area contributed by atoms with Crippen LogP contribution in [0.1, 0.15) is 11.1 Å². The minimum Gasteiger partial charge on any atom is -0.495 e. The molecule has 0 unspecified atom stereocenters. The van der Waals surface area contributed by atoms with Crippen LogP contribution in [0.2, 0.25) is 0 Å². The second kappa shape index (κ2) is 11.4. The van der Waals surface area contributed by atoms with Gasteiger partial charge in [0.1, 0.15) is 11.5 Å². The van der Waals surface area contributed by atoms with Gasteiger partial charge in [0.25, 0.3) is 15.6 Å². The molecule has 3 aromatic carbocycles. The number of methoxy groups -OCH3 is 1. The van der Waals surface area contributed by atoms with Gasteiger partial charge in [-0.15, -0.1) is 0 Å². The Balaban J connectivity index is 1.46. The van der Waals surface area contributed by atoms with E-state index in [2.05, 4.69) is 15.0 Å². The summed E-state index contributed by atoms with van der Waals surface area (Å²) in [5.74, 6) is 1.05. The Labute approximate surface area is 235 Å². The molecule has 0 atom stereocenters. The van der Waals surface area contributed by atoms with Crippen LogP contribution in [0, 0.1) is 0 Å². The fourth-order valence-corrected chi connectivity index (χ4v) is 5.28. The Morgan fingerprint density at radius 1 is 0.927 bits per heavy atom. The van der Waals surface area contributed by atoms with Crippen LogP contribution in [0.5, 0.6) is 5.75 Å². The number of aromatic nitrogens is 2. The highest BCUT2D eigenvalue weighted by Crippen LogP contribution is 2.37. The maximum Gasteiger partial charge on any atom is 0.332 e. The van der Waals surface area contributed by atoms with Gasteiger partial charge in [-0.1, -0.05) is 24.3 Å². The highest BCUT2D eigenvalue weighted by atomic mass is 32.2. The summed E-state index contributed by atoms with van der Waals surface area (Å²) in [7, 11) is -0.450. The Kier molecular flexibility index (Phi) is 7.61. The lowest BCUT2D eigenvalue weighted by atomic mass is 10.0. The molecule has 3 N–H and O–H groups in total. The quantitative estimate of drug-likeness (QED) is 0.217. The molecule has 0 bridgehead atoms. The van der Waals surface area contributed by atoms with Gasteiger partial charge in [-0.3, -0.25) is 19.1 Å². The molecule has 41 heavy (non-hydrogen) atoms. The molecular formula is C30H26N4O6S. The maximum absolute atomic E-state index is 12.8. The van der Waals surface area contributed by atoms with Crippen molar-refractivity contribution in [2.45, 2.75) is 4.90 Å². The van der Waals surface area contributed by atoms with E-state index in [1.807, 2.05) is 12.2 Å². The molecule has 11 heteroatoms. The molecular weight excluding hydrogens is 544 g/mol. The number of hydrogen-bond acceptors (Lipinski definition) is 7. The molecule has 0 amide bonds. The summed E-state index contributed by atoms with van der Waals surface area (Å²) in [6.45, 7) is 0. The van der Waals surface area contributed by atoms with Crippen LogP contribution >= 0.6 is 0 Å². The molecule has 2 heterocycles. The minimum atomic E-state index is -3.75. The molecule has 0 saturated heterocycles. The number of rotatable bonds is 9. The van der Waals surface area contributed by atoms with E-state index in [0.29, 0.717) is 34.0 Å². The van der Waals surface area contributed by atoms with Crippen LogP contribution in [-0.2, 0) is 10.0 Å². The number of H-pyrrole nitrogens is 1. The van der Waals surface area contributed by atoms with Crippen molar-refractivity contribution < 1.29 is 17.6 Å². The van der Waals surface area contributed by atoms with Crippen molar-refractivity contribution in [3.05, 3.63) is 123 Å². The number of furan rings is 1. The molecule has 2 aromatic heterocycles. The normalized spacial score (nSPS) is 11.5. The predicted octanol–water partition coefficient (Wildman–Crippen LogP) is 4.81. The molecule has 0 saturated carbocycles. The van der Waals surface area contributed by atoms with E-state index in [1.54, 1.807) is 67.7 Å². The number of sulfonamides is 1. The predicted molar refractivity (Wildman–Crippen MR) is 159 cm³/mol. The third-order valence-corrected chi connectivity index (χ3v) is 7.66. The fourth-order valence-electron chi connectivity index (χ4n) is 4.22. The number of aromatic amines is 1. The molecule has 0 radical (unpaired) electrons. The zero-order chi connectivity index (χ0) is 29.0. The summed E-state index contributed by atoms with van der Waals surface area (Å²) in [5.41, 5.74) is 2.68. The van der Waals surface area contributed by atoms with E-state index in [-0.39, 0.29) is 4.90 Å². The van der Waals surface area contributed by atoms with Crippen molar-refractivity contribution in [3.8, 4) is 22.8 Å². The van der Waals surface area contributed by atoms with Gasteiger partial charge < -0.3 is 14.5 Å². The van der Waals surface area contributed by atoms with Crippen molar-refractivity contribution in [2.24, 2.45) is 0 Å². The number of benzene rings is 3. The highest BCUT2D eigenvalue weighted by molar-refractivity contribution is 7.92. The van der Waals surface area contributed by atoms with E-state index in [4.69, 9.17) is 9.15 Å². The first kappa shape index (κ1) is 27.3. The molecule has 0 spiro atoms. The number of nitrogens with one attached hydrogen (secondary N) is 3. The van der Waals surface area contributed by atoms with Crippen LogP contribution in [0.15, 0.2) is 110 Å². The van der Waals surface area contributed by atoms with Crippen molar-refractivity contribution in [1.82, 2.24) is 9.55 Å². The zero-order valence-electron chi connectivity index (χ0n) is 22.1. The first-order valence-corrected chi connectivity index (χ1v) is 13.9. The Morgan fingerprint density at radius 3 is 2.29 bits per heavy atom. The summed E-state index contributed by atoms with van der Waals surface area (Å²) in [6, 6.07) is 21.6. The standard InChI is InChI=1S/C30H26N4O6S/c1-31-22-11-13-25(14-12-22)41(37,38)33-23-9-6-20(7-10-23)5-8-21-18-24(34-16-15-28(35)32-30(34)36)19-26(29(21)39-2)27-4-3-17-40-27/h3-19,31,33H,1-2H3,(H,32,35,36)/b8-5+. The molecule has 10 nitrogen and oxygen atoms in total. The van der Waals surface area contributed by atoms with Gasteiger partial charge in [-0.25, -0.2) is 13.2 Å². The second-order valence-corrected chi connectivity index (χ2v) is 10.6. The Bertz CT molecular complexity index is 1920. The number of ether oxygens (including phenoxy) is 1. The van der Waals surface area contributed by atoms with E-state index in [0.717, 1.165) is 11.3 Å². The van der Waals surface area contributed by atoms with Gasteiger partial charge in [0.15, 0.2) is 0 Å². The topological polar surface area (TPSA) is 135 Å². The third-order valence-electron chi connectivity index (χ3n) is 6.27. The second-order valence-electron chi connectivity index (χ2n) is 8.91. The lowest BCUT2D eigenvalue weighted by Gasteiger charge is -2.14. The van der Waals surface area contributed by atoms with Crippen LogP contribution in [-0.4, -0.2) is 32.1 Å². The zero-order valence-corrected chi connectivity index (χ0v) is 22.9. The summed E-state index contributed by atoms with van der Waals surface area (Å²) in [6.07, 6.45) is 6.58.